The van der Waals surface area contributed by atoms with Gasteiger partial charge < -0.3 is 10.9 Å². The minimum Gasteiger partial charge on any atom is -0.409 e. The molecule has 0 unspecified atom stereocenters. The van der Waals surface area contributed by atoms with Gasteiger partial charge in [0.2, 0.25) is 0 Å². The van der Waals surface area contributed by atoms with Crippen LogP contribution in [0, 0.1) is 5.82 Å². The molecule has 0 amide bonds. The number of nitrogens with two attached hydrogens (primary N) is 1. The number of hydrogen-bond acceptors (Lipinski definition) is 3. The van der Waals surface area contributed by atoms with Crippen molar-refractivity contribution in [3.63, 3.8) is 0 Å². The quantitative estimate of drug-likeness (QED) is 0.203. The Morgan fingerprint density at radius 1 is 1.53 bits per heavy atom. The molecule has 0 saturated heterocycles. The van der Waals surface area contributed by atoms with Gasteiger partial charge in [0.05, 0.1) is 0 Å². The lowest BCUT2D eigenvalue weighted by Gasteiger charge is -2.01. The maximum absolute atomic E-state index is 12.8. The summed E-state index contributed by atoms with van der Waals surface area (Å²) < 4.78 is 12.8. The van der Waals surface area contributed by atoms with E-state index in [0.717, 1.165) is 17.1 Å². The van der Waals surface area contributed by atoms with Gasteiger partial charge in [0, 0.05) is 11.3 Å². The Morgan fingerprint density at radius 2 is 2.33 bits per heavy atom. The van der Waals surface area contributed by atoms with Crippen LogP contribution in [0.4, 0.5) is 4.39 Å². The van der Waals surface area contributed by atoms with Crippen molar-refractivity contribution in [1.82, 2.24) is 0 Å². The number of nitrogens with zero attached hydrogens (tertiary/aromatic N) is 1. The summed E-state index contributed by atoms with van der Waals surface area (Å²) in [7, 11) is 0. The lowest BCUT2D eigenvalue weighted by Crippen LogP contribution is -2.11. The number of amidine groups is 1. The summed E-state index contributed by atoms with van der Waals surface area (Å²) in [6.07, 6.45) is 1.36. The van der Waals surface area contributed by atoms with E-state index in [9.17, 15) is 4.39 Å². The van der Waals surface area contributed by atoms with Gasteiger partial charge in [-0.05, 0) is 30.4 Å². The van der Waals surface area contributed by atoms with E-state index in [4.69, 9.17) is 10.9 Å². The molecule has 0 aliphatic heterocycles. The van der Waals surface area contributed by atoms with Crippen LogP contribution in [0.2, 0.25) is 0 Å². The molecule has 0 bridgehead atoms. The number of halogens is 1. The summed E-state index contributed by atoms with van der Waals surface area (Å²) in [5.41, 5.74) is 5.31. The van der Waals surface area contributed by atoms with Gasteiger partial charge in [-0.15, -0.1) is 11.8 Å². The number of hydrogen-bond donors (Lipinski definition) is 2. The van der Waals surface area contributed by atoms with Crippen molar-refractivity contribution in [3.05, 3.63) is 30.1 Å². The second-order valence-corrected chi connectivity index (χ2v) is 4.17. The van der Waals surface area contributed by atoms with Crippen molar-refractivity contribution < 1.29 is 9.60 Å². The molecule has 82 valence electrons. The molecule has 0 heterocycles. The van der Waals surface area contributed by atoms with E-state index in [1.54, 1.807) is 17.8 Å². The van der Waals surface area contributed by atoms with Crippen molar-refractivity contribution in [3.8, 4) is 0 Å². The average Bonchev–Trinajstić information content (AvgIpc) is 2.24. The minimum absolute atomic E-state index is 0.226. The molecule has 5 heteroatoms. The van der Waals surface area contributed by atoms with Crippen LogP contribution in [0.25, 0.3) is 0 Å². The second-order valence-electron chi connectivity index (χ2n) is 3.00. The van der Waals surface area contributed by atoms with Crippen molar-refractivity contribution in [2.45, 2.75) is 17.7 Å². The Hall–Kier alpha value is -1.23. The van der Waals surface area contributed by atoms with Crippen molar-refractivity contribution >= 4 is 17.6 Å². The third kappa shape index (κ3) is 4.69. The summed E-state index contributed by atoms with van der Waals surface area (Å²) in [6.45, 7) is 0. The van der Waals surface area contributed by atoms with Crippen LogP contribution in [0.1, 0.15) is 12.8 Å². The summed E-state index contributed by atoms with van der Waals surface area (Å²) in [6, 6.07) is 6.45. The highest BCUT2D eigenvalue weighted by Crippen LogP contribution is 2.19. The molecule has 0 fully saturated rings. The molecule has 3 N–H and O–H groups in total. The van der Waals surface area contributed by atoms with Crippen molar-refractivity contribution in [2.75, 3.05) is 5.75 Å². The van der Waals surface area contributed by atoms with Gasteiger partial charge in [0.1, 0.15) is 11.7 Å². The first-order valence-electron chi connectivity index (χ1n) is 4.57. The Balaban J connectivity index is 2.26. The molecule has 0 saturated carbocycles. The monoisotopic (exact) mass is 228 g/mol. The summed E-state index contributed by atoms with van der Waals surface area (Å²) in [5, 5.41) is 11.2. The summed E-state index contributed by atoms with van der Waals surface area (Å²) in [5.74, 6) is 0.825. The molecular formula is C10H13FN2OS. The SMILES string of the molecule is NC(CCCSc1cccc(F)c1)=NO. The van der Waals surface area contributed by atoms with Gasteiger partial charge in [-0.3, -0.25) is 0 Å². The summed E-state index contributed by atoms with van der Waals surface area (Å²) >= 11 is 1.55. The molecule has 0 radical (unpaired) electrons. The predicted octanol–water partition coefficient (Wildman–Crippen LogP) is 2.44. The molecule has 1 aromatic rings. The topological polar surface area (TPSA) is 58.6 Å². The van der Waals surface area contributed by atoms with E-state index >= 15 is 0 Å². The van der Waals surface area contributed by atoms with Gasteiger partial charge >= 0.3 is 0 Å². The smallest absolute Gasteiger partial charge is 0.139 e. The molecular weight excluding hydrogens is 215 g/mol. The first-order valence-corrected chi connectivity index (χ1v) is 5.55. The van der Waals surface area contributed by atoms with E-state index in [-0.39, 0.29) is 11.7 Å². The number of thioether (sulfide) groups is 1. The highest BCUT2D eigenvalue weighted by molar-refractivity contribution is 7.99. The number of benzene rings is 1. The lowest BCUT2D eigenvalue weighted by molar-refractivity contribution is 0.317. The van der Waals surface area contributed by atoms with E-state index in [2.05, 4.69) is 5.16 Å². The maximum Gasteiger partial charge on any atom is 0.139 e. The minimum atomic E-state index is -0.226. The molecule has 0 aliphatic rings. The fourth-order valence-electron chi connectivity index (χ4n) is 1.05. The predicted molar refractivity (Wildman–Crippen MR) is 59.8 cm³/mol. The standard InChI is InChI=1S/C10H13FN2OS/c11-8-3-1-4-9(7-8)15-6-2-5-10(12)13-14/h1,3-4,7,14H,2,5-6H2,(H2,12,13). The second kappa shape index (κ2) is 6.29. The zero-order chi connectivity index (χ0) is 11.1. The van der Waals surface area contributed by atoms with Crippen molar-refractivity contribution in [1.29, 1.82) is 0 Å². The van der Waals surface area contributed by atoms with Crippen LogP contribution < -0.4 is 5.73 Å². The highest BCUT2D eigenvalue weighted by atomic mass is 32.2. The van der Waals surface area contributed by atoms with Crippen LogP contribution in [0.3, 0.4) is 0 Å². The van der Waals surface area contributed by atoms with Gasteiger partial charge in [-0.25, -0.2) is 4.39 Å². The Kier molecular flexibility index (Phi) is 4.97. The van der Waals surface area contributed by atoms with Crippen LogP contribution in [-0.4, -0.2) is 16.8 Å². The zero-order valence-electron chi connectivity index (χ0n) is 8.19. The molecule has 0 aliphatic carbocycles. The highest BCUT2D eigenvalue weighted by Gasteiger charge is 1.97. The van der Waals surface area contributed by atoms with E-state index in [1.165, 1.54) is 12.1 Å². The Bertz CT molecular complexity index is 344. The van der Waals surface area contributed by atoms with Gasteiger partial charge in [0.15, 0.2) is 0 Å². The molecule has 0 atom stereocenters. The largest absolute Gasteiger partial charge is 0.409 e. The molecule has 1 aromatic carbocycles. The third-order valence-electron chi connectivity index (χ3n) is 1.77. The molecule has 0 spiro atoms. The van der Waals surface area contributed by atoms with Crippen molar-refractivity contribution in [2.24, 2.45) is 10.9 Å². The third-order valence-corrected chi connectivity index (χ3v) is 2.85. The first kappa shape index (κ1) is 11.8. The van der Waals surface area contributed by atoms with Crippen LogP contribution in [0.5, 0.6) is 0 Å². The average molecular weight is 228 g/mol. The number of oxime groups is 1. The van der Waals surface area contributed by atoms with E-state index in [1.807, 2.05) is 6.07 Å². The molecule has 3 nitrogen and oxygen atoms in total. The fraction of sp³-hybridized carbons (Fsp3) is 0.300. The fourth-order valence-corrected chi connectivity index (χ4v) is 1.95. The van der Waals surface area contributed by atoms with Crippen LogP contribution in [-0.2, 0) is 0 Å². The van der Waals surface area contributed by atoms with Crippen LogP contribution >= 0.6 is 11.8 Å². The number of rotatable bonds is 5. The Morgan fingerprint density at radius 3 is 3.00 bits per heavy atom. The molecule has 15 heavy (non-hydrogen) atoms. The summed E-state index contributed by atoms with van der Waals surface area (Å²) in [4.78, 5) is 0.898. The maximum atomic E-state index is 12.8. The van der Waals surface area contributed by atoms with E-state index < -0.39 is 0 Å². The van der Waals surface area contributed by atoms with Crippen LogP contribution in [0.15, 0.2) is 34.3 Å². The van der Waals surface area contributed by atoms with Gasteiger partial charge in [-0.1, -0.05) is 11.2 Å². The normalized spacial score (nSPS) is 11.7. The van der Waals surface area contributed by atoms with Gasteiger partial charge in [0.25, 0.3) is 0 Å². The Labute approximate surface area is 92.2 Å². The van der Waals surface area contributed by atoms with E-state index in [0.29, 0.717) is 6.42 Å². The molecule has 0 aromatic heterocycles. The van der Waals surface area contributed by atoms with Gasteiger partial charge in [-0.2, -0.15) is 0 Å². The molecule has 1 rings (SSSR count). The first-order chi connectivity index (χ1) is 7.22. The zero-order valence-corrected chi connectivity index (χ0v) is 9.01. The lowest BCUT2D eigenvalue weighted by atomic mass is 10.3.